The molecule has 1 fully saturated rings. The number of rotatable bonds is 4. The summed E-state index contributed by atoms with van der Waals surface area (Å²) in [5.41, 5.74) is 0.465. The number of nitrogens with zero attached hydrogens (tertiary/aromatic N) is 5. The van der Waals surface area contributed by atoms with Crippen molar-refractivity contribution in [3.8, 4) is 0 Å². The standard InChI is InChI=1S/C19H21N5O3/c1-3-16-20-18(27-22-16)15-9-6-10-23(15)17(25)11-24-19(26)14-8-5-4-7-13(14)12(2)21-24/h4-5,7-8,15H,3,6,9-11H2,1-2H3. The number of carbonyl (C=O) groups is 1. The Balaban J connectivity index is 1.61. The van der Waals surface area contributed by atoms with Crippen molar-refractivity contribution in [2.24, 2.45) is 0 Å². The summed E-state index contributed by atoms with van der Waals surface area (Å²) in [6, 6.07) is 7.07. The first-order valence-electron chi connectivity index (χ1n) is 9.17. The van der Waals surface area contributed by atoms with Crippen molar-refractivity contribution >= 4 is 16.7 Å². The van der Waals surface area contributed by atoms with Crippen molar-refractivity contribution in [2.75, 3.05) is 6.54 Å². The second kappa shape index (κ2) is 6.94. The maximum atomic E-state index is 12.9. The van der Waals surface area contributed by atoms with Crippen LogP contribution in [-0.2, 0) is 17.8 Å². The summed E-state index contributed by atoms with van der Waals surface area (Å²) in [6.45, 7) is 4.29. The minimum Gasteiger partial charge on any atom is -0.337 e. The first-order valence-corrected chi connectivity index (χ1v) is 9.17. The third-order valence-corrected chi connectivity index (χ3v) is 5.00. The van der Waals surface area contributed by atoms with Crippen molar-refractivity contribution in [3.63, 3.8) is 0 Å². The molecular formula is C19H21N5O3. The van der Waals surface area contributed by atoms with Crippen LogP contribution in [0.15, 0.2) is 33.6 Å². The largest absolute Gasteiger partial charge is 0.337 e. The van der Waals surface area contributed by atoms with E-state index in [9.17, 15) is 9.59 Å². The highest BCUT2D eigenvalue weighted by Crippen LogP contribution is 2.31. The van der Waals surface area contributed by atoms with Crippen molar-refractivity contribution in [3.05, 3.63) is 52.0 Å². The van der Waals surface area contributed by atoms with Crippen LogP contribution in [0.1, 0.15) is 43.2 Å². The molecule has 0 saturated carbocycles. The lowest BCUT2D eigenvalue weighted by Crippen LogP contribution is -2.37. The van der Waals surface area contributed by atoms with Crippen LogP contribution in [-0.4, -0.2) is 37.3 Å². The van der Waals surface area contributed by atoms with Gasteiger partial charge >= 0.3 is 0 Å². The number of aryl methyl sites for hydroxylation is 2. The van der Waals surface area contributed by atoms with Crippen molar-refractivity contribution < 1.29 is 9.32 Å². The van der Waals surface area contributed by atoms with Crippen LogP contribution in [0.2, 0.25) is 0 Å². The number of likely N-dealkylation sites (tertiary alicyclic amines) is 1. The van der Waals surface area contributed by atoms with E-state index in [4.69, 9.17) is 4.52 Å². The summed E-state index contributed by atoms with van der Waals surface area (Å²) in [5, 5.41) is 9.64. The fourth-order valence-corrected chi connectivity index (χ4v) is 3.60. The fraction of sp³-hybridized carbons (Fsp3) is 0.421. The lowest BCUT2D eigenvalue weighted by molar-refractivity contribution is -0.133. The Morgan fingerprint density at radius 1 is 1.30 bits per heavy atom. The molecule has 3 aromatic rings. The molecule has 0 bridgehead atoms. The smallest absolute Gasteiger partial charge is 0.275 e. The van der Waals surface area contributed by atoms with Gasteiger partial charge in [0.2, 0.25) is 11.8 Å². The Morgan fingerprint density at radius 2 is 2.07 bits per heavy atom. The summed E-state index contributed by atoms with van der Waals surface area (Å²) >= 11 is 0. The van der Waals surface area contributed by atoms with E-state index in [0.717, 1.165) is 23.9 Å². The Labute approximate surface area is 155 Å². The number of aromatic nitrogens is 4. The van der Waals surface area contributed by atoms with Crippen LogP contribution >= 0.6 is 0 Å². The summed E-state index contributed by atoms with van der Waals surface area (Å²) in [4.78, 5) is 31.7. The molecule has 1 atom stereocenters. The van der Waals surface area contributed by atoms with Gasteiger partial charge in [-0.25, -0.2) is 4.68 Å². The van der Waals surface area contributed by atoms with Gasteiger partial charge in [0.25, 0.3) is 5.56 Å². The third-order valence-electron chi connectivity index (χ3n) is 5.00. The SMILES string of the molecule is CCc1noc(C2CCCN2C(=O)Cn2nc(C)c3ccccc3c2=O)n1. The maximum Gasteiger partial charge on any atom is 0.275 e. The topological polar surface area (TPSA) is 94.1 Å². The molecule has 8 nitrogen and oxygen atoms in total. The van der Waals surface area contributed by atoms with Crippen molar-refractivity contribution in [1.82, 2.24) is 24.8 Å². The number of hydrogen-bond donors (Lipinski definition) is 0. The van der Waals surface area contributed by atoms with Gasteiger partial charge in [0.05, 0.1) is 11.1 Å². The number of benzene rings is 1. The minimum absolute atomic E-state index is 0.101. The van der Waals surface area contributed by atoms with Crippen LogP contribution < -0.4 is 5.56 Å². The van der Waals surface area contributed by atoms with Gasteiger partial charge in [-0.1, -0.05) is 30.3 Å². The molecule has 8 heteroatoms. The van der Waals surface area contributed by atoms with Gasteiger partial charge in [0.15, 0.2) is 5.82 Å². The second-order valence-electron chi connectivity index (χ2n) is 6.74. The summed E-state index contributed by atoms with van der Waals surface area (Å²) < 4.78 is 6.58. The molecule has 2 aromatic heterocycles. The average molecular weight is 367 g/mol. The zero-order chi connectivity index (χ0) is 19.0. The molecule has 1 amide bonds. The molecular weight excluding hydrogens is 346 g/mol. The highest BCUT2D eigenvalue weighted by molar-refractivity contribution is 5.83. The minimum atomic E-state index is -0.258. The molecule has 1 aromatic carbocycles. The molecule has 0 aliphatic carbocycles. The van der Waals surface area contributed by atoms with Gasteiger partial charge in [0, 0.05) is 18.4 Å². The summed E-state index contributed by atoms with van der Waals surface area (Å²) in [6.07, 6.45) is 2.31. The number of fused-ring (bicyclic) bond motifs is 1. The predicted molar refractivity (Wildman–Crippen MR) is 98.1 cm³/mol. The van der Waals surface area contributed by atoms with E-state index >= 15 is 0 Å². The van der Waals surface area contributed by atoms with E-state index in [1.165, 1.54) is 4.68 Å². The van der Waals surface area contributed by atoms with Gasteiger partial charge in [-0.05, 0) is 25.8 Å². The van der Waals surface area contributed by atoms with Gasteiger partial charge in [0.1, 0.15) is 12.6 Å². The van der Waals surface area contributed by atoms with Crippen molar-refractivity contribution in [1.29, 1.82) is 0 Å². The Hall–Kier alpha value is -3.03. The van der Waals surface area contributed by atoms with Crippen LogP contribution in [0.5, 0.6) is 0 Å². The zero-order valence-corrected chi connectivity index (χ0v) is 15.4. The molecule has 0 spiro atoms. The van der Waals surface area contributed by atoms with E-state index < -0.39 is 0 Å². The Bertz CT molecular complexity index is 1050. The normalized spacial score (nSPS) is 17.0. The third kappa shape index (κ3) is 3.11. The van der Waals surface area contributed by atoms with Crippen LogP contribution in [0, 0.1) is 6.92 Å². The van der Waals surface area contributed by atoms with Crippen LogP contribution in [0.25, 0.3) is 10.8 Å². The highest BCUT2D eigenvalue weighted by atomic mass is 16.5. The van der Waals surface area contributed by atoms with Crippen LogP contribution in [0.4, 0.5) is 0 Å². The molecule has 0 N–H and O–H groups in total. The fourth-order valence-electron chi connectivity index (χ4n) is 3.60. The van der Waals surface area contributed by atoms with E-state index in [-0.39, 0.29) is 24.1 Å². The molecule has 27 heavy (non-hydrogen) atoms. The van der Waals surface area contributed by atoms with Crippen molar-refractivity contribution in [2.45, 2.75) is 45.7 Å². The first kappa shape index (κ1) is 17.4. The molecule has 3 heterocycles. The summed E-state index contributed by atoms with van der Waals surface area (Å²) in [7, 11) is 0. The number of carbonyl (C=O) groups excluding carboxylic acids is 1. The molecule has 1 saturated heterocycles. The maximum absolute atomic E-state index is 12.9. The second-order valence-corrected chi connectivity index (χ2v) is 6.74. The monoisotopic (exact) mass is 367 g/mol. The molecule has 1 unspecified atom stereocenters. The lowest BCUT2D eigenvalue weighted by Gasteiger charge is -2.22. The quantitative estimate of drug-likeness (QED) is 0.700. The zero-order valence-electron chi connectivity index (χ0n) is 15.4. The number of hydrogen-bond acceptors (Lipinski definition) is 6. The van der Waals surface area contributed by atoms with Gasteiger partial charge < -0.3 is 9.42 Å². The molecule has 4 rings (SSSR count). The average Bonchev–Trinajstić information content (AvgIpc) is 3.34. The first-order chi connectivity index (χ1) is 13.1. The Morgan fingerprint density at radius 3 is 2.81 bits per heavy atom. The highest BCUT2D eigenvalue weighted by Gasteiger charge is 2.34. The van der Waals surface area contributed by atoms with Crippen LogP contribution in [0.3, 0.4) is 0 Å². The molecule has 1 aliphatic rings. The van der Waals surface area contributed by atoms with E-state index in [1.54, 1.807) is 11.0 Å². The predicted octanol–water partition coefficient (Wildman–Crippen LogP) is 2.01. The van der Waals surface area contributed by atoms with E-state index in [0.29, 0.717) is 30.1 Å². The van der Waals surface area contributed by atoms with Gasteiger partial charge in [-0.3, -0.25) is 9.59 Å². The summed E-state index contributed by atoms with van der Waals surface area (Å²) in [5.74, 6) is 0.929. The number of amides is 1. The molecule has 0 radical (unpaired) electrons. The van der Waals surface area contributed by atoms with Gasteiger partial charge in [-0.2, -0.15) is 10.1 Å². The van der Waals surface area contributed by atoms with E-state index in [2.05, 4.69) is 15.2 Å². The molecule has 140 valence electrons. The Kier molecular flexibility index (Phi) is 4.47. The molecule has 1 aliphatic heterocycles. The van der Waals surface area contributed by atoms with Gasteiger partial charge in [-0.15, -0.1) is 0 Å². The van der Waals surface area contributed by atoms with E-state index in [1.807, 2.05) is 32.0 Å². The lowest BCUT2D eigenvalue weighted by atomic mass is 10.1.